The Labute approximate surface area is 217 Å². The number of anilines is 1. The zero-order valence-electron chi connectivity index (χ0n) is 20.5. The Hall–Kier alpha value is -4.49. The van der Waals surface area contributed by atoms with Gasteiger partial charge in [0.25, 0.3) is 0 Å². The Kier molecular flexibility index (Phi) is 8.19. The van der Waals surface area contributed by atoms with E-state index in [2.05, 4.69) is 26.8 Å². The molecule has 4 aromatic rings. The third kappa shape index (κ3) is 7.05. The third-order valence-corrected chi connectivity index (χ3v) is 5.95. The van der Waals surface area contributed by atoms with Crippen LogP contribution in [0.2, 0.25) is 0 Å². The molecule has 2 heterocycles. The maximum atomic E-state index is 13.3. The number of aromatic nitrogens is 3. The number of nitriles is 1. The standard InChI is InChI=1S/C28H25F3N6O/c1-19(21-9-7-20(13-32)8-10-21)14-34-26(22-5-3-2-4-6-22)27(38)36-25-12-11-23(15-33-25)24-16-35-37(17-24)18-28(29,30)31/h2-12,15-17,19,26,34H,14,18H2,1H3,(H,33,36,38)/t19?,26-/m0/s1. The van der Waals surface area contributed by atoms with E-state index in [0.717, 1.165) is 15.8 Å². The van der Waals surface area contributed by atoms with Gasteiger partial charge in [-0.05, 0) is 41.3 Å². The first-order valence-electron chi connectivity index (χ1n) is 11.9. The lowest BCUT2D eigenvalue weighted by molar-refractivity contribution is -0.142. The third-order valence-electron chi connectivity index (χ3n) is 5.95. The summed E-state index contributed by atoms with van der Waals surface area (Å²) in [6.45, 7) is 1.37. The highest BCUT2D eigenvalue weighted by Gasteiger charge is 2.28. The number of halogens is 3. The van der Waals surface area contributed by atoms with Crippen molar-refractivity contribution < 1.29 is 18.0 Å². The van der Waals surface area contributed by atoms with Gasteiger partial charge in [-0.3, -0.25) is 9.48 Å². The number of nitrogens with zero attached hydrogens (tertiary/aromatic N) is 4. The van der Waals surface area contributed by atoms with E-state index in [0.29, 0.717) is 29.1 Å². The minimum atomic E-state index is -4.36. The molecule has 0 bridgehead atoms. The zero-order chi connectivity index (χ0) is 27.1. The van der Waals surface area contributed by atoms with E-state index in [9.17, 15) is 18.0 Å². The number of nitrogens with one attached hydrogen (secondary N) is 2. The van der Waals surface area contributed by atoms with Crippen molar-refractivity contribution in [3.8, 4) is 17.2 Å². The number of benzene rings is 2. The highest BCUT2D eigenvalue weighted by atomic mass is 19.4. The Morgan fingerprint density at radius 3 is 2.37 bits per heavy atom. The van der Waals surface area contributed by atoms with E-state index in [1.807, 2.05) is 49.4 Å². The van der Waals surface area contributed by atoms with E-state index in [1.54, 1.807) is 24.3 Å². The van der Waals surface area contributed by atoms with Crippen molar-refractivity contribution in [2.75, 3.05) is 11.9 Å². The van der Waals surface area contributed by atoms with Crippen molar-refractivity contribution in [1.82, 2.24) is 20.1 Å². The number of rotatable bonds is 9. The molecule has 0 aliphatic carbocycles. The fraction of sp³-hybridized carbons (Fsp3) is 0.214. The molecule has 2 N–H and O–H groups in total. The summed E-state index contributed by atoms with van der Waals surface area (Å²) in [7, 11) is 0. The molecule has 4 rings (SSSR count). The van der Waals surface area contributed by atoms with Crippen LogP contribution in [0.5, 0.6) is 0 Å². The van der Waals surface area contributed by atoms with Crippen LogP contribution in [0, 0.1) is 11.3 Å². The molecule has 1 amide bonds. The minimum Gasteiger partial charge on any atom is -0.309 e. The first kappa shape index (κ1) is 26.6. The van der Waals surface area contributed by atoms with E-state index in [4.69, 9.17) is 5.26 Å². The molecule has 194 valence electrons. The van der Waals surface area contributed by atoms with Gasteiger partial charge in [-0.15, -0.1) is 0 Å². The smallest absolute Gasteiger partial charge is 0.309 e. The van der Waals surface area contributed by atoms with Crippen molar-refractivity contribution >= 4 is 11.7 Å². The Balaban J connectivity index is 1.43. The first-order chi connectivity index (χ1) is 18.2. The number of hydrogen-bond acceptors (Lipinski definition) is 5. The summed E-state index contributed by atoms with van der Waals surface area (Å²) in [6.07, 6.45) is -0.250. The average molecular weight is 519 g/mol. The molecule has 38 heavy (non-hydrogen) atoms. The Morgan fingerprint density at radius 2 is 1.74 bits per heavy atom. The van der Waals surface area contributed by atoms with Gasteiger partial charge in [-0.25, -0.2) is 4.98 Å². The van der Waals surface area contributed by atoms with Crippen molar-refractivity contribution in [3.05, 3.63) is 102 Å². The molecule has 10 heteroatoms. The summed E-state index contributed by atoms with van der Waals surface area (Å²) in [4.78, 5) is 17.5. The zero-order valence-corrected chi connectivity index (χ0v) is 20.5. The predicted molar refractivity (Wildman–Crippen MR) is 137 cm³/mol. The van der Waals surface area contributed by atoms with Crippen molar-refractivity contribution in [1.29, 1.82) is 5.26 Å². The average Bonchev–Trinajstić information content (AvgIpc) is 3.36. The Morgan fingerprint density at radius 1 is 1.00 bits per heavy atom. The van der Waals surface area contributed by atoms with Crippen LogP contribution in [0.4, 0.5) is 19.0 Å². The van der Waals surface area contributed by atoms with E-state index >= 15 is 0 Å². The van der Waals surface area contributed by atoms with Crippen LogP contribution < -0.4 is 10.6 Å². The molecule has 2 atom stereocenters. The molecule has 0 spiro atoms. The summed E-state index contributed by atoms with van der Waals surface area (Å²) in [5, 5.41) is 18.9. The van der Waals surface area contributed by atoms with E-state index in [-0.39, 0.29) is 11.8 Å². The fourth-order valence-electron chi connectivity index (χ4n) is 3.93. The molecule has 7 nitrogen and oxygen atoms in total. The number of pyridine rings is 1. The van der Waals surface area contributed by atoms with Gasteiger partial charge in [0.15, 0.2) is 0 Å². The van der Waals surface area contributed by atoms with Crippen LogP contribution in [0.3, 0.4) is 0 Å². The quantitative estimate of drug-likeness (QED) is 0.307. The van der Waals surface area contributed by atoms with Gasteiger partial charge in [0.1, 0.15) is 18.4 Å². The first-order valence-corrected chi connectivity index (χ1v) is 11.9. The van der Waals surface area contributed by atoms with Crippen LogP contribution in [0.1, 0.15) is 35.6 Å². The second kappa shape index (κ2) is 11.7. The molecule has 0 radical (unpaired) electrons. The highest BCUT2D eigenvalue weighted by molar-refractivity contribution is 5.95. The highest BCUT2D eigenvalue weighted by Crippen LogP contribution is 2.23. The van der Waals surface area contributed by atoms with Crippen LogP contribution >= 0.6 is 0 Å². The van der Waals surface area contributed by atoms with Gasteiger partial charge in [0, 0.05) is 30.1 Å². The van der Waals surface area contributed by atoms with Crippen LogP contribution in [0.15, 0.2) is 85.3 Å². The molecular weight excluding hydrogens is 493 g/mol. The topological polar surface area (TPSA) is 95.6 Å². The second-order valence-corrected chi connectivity index (χ2v) is 8.85. The largest absolute Gasteiger partial charge is 0.408 e. The summed E-state index contributed by atoms with van der Waals surface area (Å²) in [5.41, 5.74) is 3.47. The molecule has 2 aromatic heterocycles. The number of hydrogen-bond donors (Lipinski definition) is 2. The molecule has 0 saturated heterocycles. The maximum Gasteiger partial charge on any atom is 0.408 e. The van der Waals surface area contributed by atoms with Gasteiger partial charge in [-0.2, -0.15) is 23.5 Å². The van der Waals surface area contributed by atoms with Crippen molar-refractivity contribution in [2.24, 2.45) is 0 Å². The van der Waals surface area contributed by atoms with Crippen LogP contribution in [0.25, 0.3) is 11.1 Å². The van der Waals surface area contributed by atoms with Crippen molar-refractivity contribution in [2.45, 2.75) is 31.6 Å². The SMILES string of the molecule is CC(CN[C@H](C(=O)Nc1ccc(-c2cnn(CC(F)(F)F)c2)cn1)c1ccccc1)c1ccc(C#N)cc1. The van der Waals surface area contributed by atoms with Gasteiger partial charge in [-0.1, -0.05) is 49.4 Å². The van der Waals surface area contributed by atoms with E-state index in [1.165, 1.54) is 18.6 Å². The number of carbonyl (C=O) groups is 1. The summed E-state index contributed by atoms with van der Waals surface area (Å²) >= 11 is 0. The fourth-order valence-corrected chi connectivity index (χ4v) is 3.93. The minimum absolute atomic E-state index is 0.0809. The molecule has 0 aliphatic heterocycles. The van der Waals surface area contributed by atoms with E-state index < -0.39 is 18.8 Å². The monoisotopic (exact) mass is 518 g/mol. The number of carbonyl (C=O) groups excluding carboxylic acids is 1. The summed E-state index contributed by atoms with van der Waals surface area (Å²) in [6, 6.07) is 21.3. The van der Waals surface area contributed by atoms with Crippen LogP contribution in [-0.2, 0) is 11.3 Å². The van der Waals surface area contributed by atoms with Crippen LogP contribution in [-0.4, -0.2) is 33.4 Å². The number of amides is 1. The number of alkyl halides is 3. The normalized spacial score (nSPS) is 12.9. The Bertz CT molecular complexity index is 1390. The lowest BCUT2D eigenvalue weighted by Gasteiger charge is -2.21. The summed E-state index contributed by atoms with van der Waals surface area (Å²) < 4.78 is 38.6. The molecule has 0 aliphatic rings. The summed E-state index contributed by atoms with van der Waals surface area (Å²) in [5.74, 6) is 0.0863. The maximum absolute atomic E-state index is 13.3. The molecule has 1 unspecified atom stereocenters. The molecule has 0 fully saturated rings. The van der Waals surface area contributed by atoms with Gasteiger partial charge >= 0.3 is 6.18 Å². The van der Waals surface area contributed by atoms with Crippen molar-refractivity contribution in [3.63, 3.8) is 0 Å². The second-order valence-electron chi connectivity index (χ2n) is 8.85. The predicted octanol–water partition coefficient (Wildman–Crippen LogP) is 5.45. The van der Waals surface area contributed by atoms with Gasteiger partial charge < -0.3 is 10.6 Å². The molecule has 2 aromatic carbocycles. The lowest BCUT2D eigenvalue weighted by Crippen LogP contribution is -2.35. The van der Waals surface area contributed by atoms with Gasteiger partial charge in [0.05, 0.1) is 17.8 Å². The molecular formula is C28H25F3N6O. The lowest BCUT2D eigenvalue weighted by atomic mass is 9.98. The molecule has 0 saturated carbocycles. The van der Waals surface area contributed by atoms with Gasteiger partial charge in [0.2, 0.25) is 5.91 Å².